The number of halogens is 2. The minimum absolute atomic E-state index is 0.381. The molecule has 0 spiro atoms. The van der Waals surface area contributed by atoms with Crippen molar-refractivity contribution in [1.29, 1.82) is 0 Å². The summed E-state index contributed by atoms with van der Waals surface area (Å²) in [5, 5.41) is 11.8. The molecule has 3 rings (SSSR count). The summed E-state index contributed by atoms with van der Waals surface area (Å²) in [6.45, 7) is 0.850. The molecule has 0 aromatic heterocycles. The van der Waals surface area contributed by atoms with Gasteiger partial charge in [-0.15, -0.1) is 0 Å². The molecule has 0 radical (unpaired) electrons. The van der Waals surface area contributed by atoms with Gasteiger partial charge in [0.05, 0.1) is 5.60 Å². The zero-order valence-electron chi connectivity index (χ0n) is 15.5. The number of aliphatic hydroxyl groups is 1. The van der Waals surface area contributed by atoms with E-state index in [0.29, 0.717) is 18.4 Å². The zero-order chi connectivity index (χ0) is 18.7. The van der Waals surface area contributed by atoms with Crippen LogP contribution in [0.1, 0.15) is 48.3 Å². The van der Waals surface area contributed by atoms with E-state index in [1.54, 1.807) is 0 Å². The maximum atomic E-state index is 14.6. The third-order valence-corrected chi connectivity index (χ3v) is 5.50. The van der Waals surface area contributed by atoms with Gasteiger partial charge < -0.3 is 10.0 Å². The fourth-order valence-electron chi connectivity index (χ4n) is 4.25. The molecule has 26 heavy (non-hydrogen) atoms. The van der Waals surface area contributed by atoms with Crippen LogP contribution in [0.15, 0.2) is 42.5 Å². The van der Waals surface area contributed by atoms with Crippen molar-refractivity contribution in [1.82, 2.24) is 4.90 Å². The zero-order valence-corrected chi connectivity index (χ0v) is 15.5. The summed E-state index contributed by atoms with van der Waals surface area (Å²) in [5.41, 5.74) is 1.28. The molecule has 2 aromatic carbocycles. The van der Waals surface area contributed by atoms with Crippen LogP contribution in [0.2, 0.25) is 0 Å². The summed E-state index contributed by atoms with van der Waals surface area (Å²) < 4.78 is 28.0. The molecule has 0 aliphatic heterocycles. The lowest BCUT2D eigenvalue weighted by Gasteiger charge is -2.37. The molecule has 0 bridgehead atoms. The highest BCUT2D eigenvalue weighted by Gasteiger charge is 2.42. The lowest BCUT2D eigenvalue weighted by Crippen LogP contribution is -2.35. The van der Waals surface area contributed by atoms with Gasteiger partial charge in [0.15, 0.2) is 0 Å². The van der Waals surface area contributed by atoms with Crippen LogP contribution >= 0.6 is 0 Å². The van der Waals surface area contributed by atoms with Crippen molar-refractivity contribution in [3.8, 4) is 0 Å². The van der Waals surface area contributed by atoms with E-state index in [1.165, 1.54) is 12.1 Å². The minimum Gasteiger partial charge on any atom is -0.385 e. The van der Waals surface area contributed by atoms with E-state index in [4.69, 9.17) is 0 Å². The summed E-state index contributed by atoms with van der Waals surface area (Å²) >= 11 is 0. The summed E-state index contributed by atoms with van der Waals surface area (Å²) in [5.74, 6) is -1.54. The van der Waals surface area contributed by atoms with Crippen molar-refractivity contribution >= 4 is 0 Å². The van der Waals surface area contributed by atoms with Crippen LogP contribution in [-0.2, 0) is 12.0 Å². The predicted molar refractivity (Wildman–Crippen MR) is 100 cm³/mol. The number of nitrogens with zero attached hydrogens (tertiary/aromatic N) is 1. The van der Waals surface area contributed by atoms with Gasteiger partial charge in [0.2, 0.25) is 0 Å². The number of benzene rings is 2. The van der Waals surface area contributed by atoms with E-state index in [2.05, 4.69) is 11.0 Å². The fraction of sp³-hybridized carbons (Fsp3) is 0.455. The molecule has 2 atom stereocenters. The van der Waals surface area contributed by atoms with Crippen LogP contribution in [0.5, 0.6) is 0 Å². The number of aryl methyl sites for hydroxylation is 1. The Morgan fingerprint density at radius 2 is 1.92 bits per heavy atom. The molecule has 1 aliphatic carbocycles. The third kappa shape index (κ3) is 3.81. The van der Waals surface area contributed by atoms with Crippen LogP contribution < -0.4 is 0 Å². The van der Waals surface area contributed by atoms with Gasteiger partial charge >= 0.3 is 0 Å². The van der Waals surface area contributed by atoms with E-state index < -0.39 is 17.2 Å². The number of hydrogen-bond acceptors (Lipinski definition) is 2. The van der Waals surface area contributed by atoms with Crippen molar-refractivity contribution < 1.29 is 13.9 Å². The maximum absolute atomic E-state index is 14.6. The van der Waals surface area contributed by atoms with Gasteiger partial charge in [0.1, 0.15) is 11.6 Å². The number of fused-ring (bicyclic) bond motifs is 1. The first-order chi connectivity index (χ1) is 12.4. The Bertz CT molecular complexity index is 762. The second-order valence-electron chi connectivity index (χ2n) is 7.60. The first-order valence-corrected chi connectivity index (χ1v) is 9.32. The summed E-state index contributed by atoms with van der Waals surface area (Å²) in [6, 6.07) is 11.6. The average molecular weight is 359 g/mol. The van der Waals surface area contributed by atoms with E-state index >= 15 is 0 Å². The topological polar surface area (TPSA) is 23.5 Å². The second kappa shape index (κ2) is 7.85. The Morgan fingerprint density at radius 3 is 2.65 bits per heavy atom. The third-order valence-electron chi connectivity index (χ3n) is 5.50. The summed E-state index contributed by atoms with van der Waals surface area (Å²) in [7, 11) is 4.00. The van der Waals surface area contributed by atoms with Crippen molar-refractivity contribution in [3.63, 3.8) is 0 Å². The molecule has 0 heterocycles. The van der Waals surface area contributed by atoms with Crippen LogP contribution in [0.4, 0.5) is 8.78 Å². The fourth-order valence-corrected chi connectivity index (χ4v) is 4.25. The Balaban J connectivity index is 2.05. The monoisotopic (exact) mass is 359 g/mol. The first kappa shape index (κ1) is 19.0. The van der Waals surface area contributed by atoms with Gasteiger partial charge in [-0.3, -0.25) is 0 Å². The Hall–Kier alpha value is -1.78. The largest absolute Gasteiger partial charge is 0.385 e. The second-order valence-corrected chi connectivity index (χ2v) is 7.60. The Labute approximate surface area is 154 Å². The molecule has 1 aliphatic rings. The SMILES string of the molecule is CN(C)CCC[C@@]1(O)c2ccccc2CCC[C@@H]1c1ccc(F)cc1F. The van der Waals surface area contributed by atoms with E-state index in [-0.39, 0.29) is 5.92 Å². The molecular weight excluding hydrogens is 332 g/mol. The molecule has 0 unspecified atom stereocenters. The predicted octanol–water partition coefficient (Wildman–Crippen LogP) is 4.61. The van der Waals surface area contributed by atoms with Crippen LogP contribution in [0.25, 0.3) is 0 Å². The van der Waals surface area contributed by atoms with Gasteiger partial charge in [0, 0.05) is 12.0 Å². The van der Waals surface area contributed by atoms with E-state index in [1.807, 2.05) is 32.3 Å². The van der Waals surface area contributed by atoms with Crippen LogP contribution in [0, 0.1) is 11.6 Å². The van der Waals surface area contributed by atoms with Gasteiger partial charge in [-0.2, -0.15) is 0 Å². The molecule has 0 amide bonds. The van der Waals surface area contributed by atoms with Crippen molar-refractivity contribution in [2.45, 2.75) is 43.6 Å². The molecular formula is C22H27F2NO. The van der Waals surface area contributed by atoms with Crippen molar-refractivity contribution in [2.24, 2.45) is 0 Å². The molecule has 2 aromatic rings. The standard InChI is InChI=1S/C22H27F2NO/c1-25(2)14-6-13-22(26)19-9-4-3-7-16(19)8-5-10-20(22)18-12-11-17(23)15-21(18)24/h3-4,7,9,11-12,15,20,26H,5-6,8,10,13-14H2,1-2H3/t20-,22-/m1/s1. The van der Waals surface area contributed by atoms with Crippen LogP contribution in [-0.4, -0.2) is 30.6 Å². The van der Waals surface area contributed by atoms with E-state index in [9.17, 15) is 13.9 Å². The minimum atomic E-state index is -1.15. The van der Waals surface area contributed by atoms with Gasteiger partial charge in [-0.05, 0) is 75.5 Å². The molecule has 4 heteroatoms. The average Bonchev–Trinajstić information content (AvgIpc) is 2.72. The van der Waals surface area contributed by atoms with Gasteiger partial charge in [0.25, 0.3) is 0 Å². The highest BCUT2D eigenvalue weighted by molar-refractivity contribution is 5.39. The first-order valence-electron chi connectivity index (χ1n) is 9.32. The highest BCUT2D eigenvalue weighted by atomic mass is 19.1. The maximum Gasteiger partial charge on any atom is 0.129 e. The Kier molecular flexibility index (Phi) is 5.73. The molecule has 2 nitrogen and oxygen atoms in total. The summed E-state index contributed by atoms with van der Waals surface area (Å²) in [4.78, 5) is 2.08. The van der Waals surface area contributed by atoms with Crippen molar-refractivity contribution in [3.05, 3.63) is 70.8 Å². The highest BCUT2D eigenvalue weighted by Crippen LogP contribution is 2.47. The summed E-state index contributed by atoms with van der Waals surface area (Å²) in [6.07, 6.45) is 3.76. The van der Waals surface area contributed by atoms with Gasteiger partial charge in [-0.25, -0.2) is 8.78 Å². The molecule has 0 fully saturated rings. The van der Waals surface area contributed by atoms with Crippen molar-refractivity contribution in [2.75, 3.05) is 20.6 Å². The number of rotatable bonds is 5. The lowest BCUT2D eigenvalue weighted by atomic mass is 9.73. The number of hydrogen-bond donors (Lipinski definition) is 1. The quantitative estimate of drug-likeness (QED) is 0.788. The smallest absolute Gasteiger partial charge is 0.129 e. The van der Waals surface area contributed by atoms with Gasteiger partial charge in [-0.1, -0.05) is 30.3 Å². The lowest BCUT2D eigenvalue weighted by molar-refractivity contribution is -0.00710. The molecule has 0 saturated heterocycles. The molecule has 140 valence electrons. The molecule has 0 saturated carbocycles. The normalized spacial score (nSPS) is 22.9. The Morgan fingerprint density at radius 1 is 1.15 bits per heavy atom. The van der Waals surface area contributed by atoms with Crippen LogP contribution in [0.3, 0.4) is 0 Å². The van der Waals surface area contributed by atoms with E-state index in [0.717, 1.165) is 43.0 Å². The molecule has 1 N–H and O–H groups in total.